The number of hydrogen-bond donors (Lipinski definition) is 1. The lowest BCUT2D eigenvalue weighted by Gasteiger charge is -2.12. The van der Waals surface area contributed by atoms with Gasteiger partial charge in [0.2, 0.25) is 0 Å². The van der Waals surface area contributed by atoms with Crippen LogP contribution in [-0.2, 0) is 12.8 Å². The number of rotatable bonds is 2. The number of halogens is 1. The summed E-state index contributed by atoms with van der Waals surface area (Å²) in [6.07, 6.45) is 4.88. The molecule has 1 fully saturated rings. The van der Waals surface area contributed by atoms with E-state index in [1.54, 1.807) is 6.07 Å². The number of amides is 1. The van der Waals surface area contributed by atoms with E-state index in [9.17, 15) is 9.18 Å². The van der Waals surface area contributed by atoms with E-state index in [2.05, 4.69) is 10.3 Å². The lowest BCUT2D eigenvalue weighted by molar-refractivity contribution is 0.0952. The molecule has 1 aromatic heterocycles. The number of carbonyl (C=O) groups is 1. The van der Waals surface area contributed by atoms with Gasteiger partial charge in [-0.25, -0.2) is 4.39 Å². The lowest BCUT2D eigenvalue weighted by Crippen LogP contribution is -2.27. The Morgan fingerprint density at radius 2 is 2.15 bits per heavy atom. The van der Waals surface area contributed by atoms with Gasteiger partial charge in [-0.1, -0.05) is 0 Å². The van der Waals surface area contributed by atoms with Gasteiger partial charge in [0.1, 0.15) is 5.82 Å². The predicted octanol–water partition coefficient (Wildman–Crippen LogP) is 2.75. The largest absolute Gasteiger partial charge is 0.349 e. The van der Waals surface area contributed by atoms with Crippen molar-refractivity contribution in [3.8, 4) is 0 Å². The Labute approximate surface area is 116 Å². The van der Waals surface area contributed by atoms with Gasteiger partial charge in [0.05, 0.1) is 11.1 Å². The molecule has 2 aliphatic rings. The molecule has 0 radical (unpaired) electrons. The fourth-order valence-electron chi connectivity index (χ4n) is 2.98. The molecule has 1 heterocycles. The maximum atomic E-state index is 13.5. The summed E-state index contributed by atoms with van der Waals surface area (Å²) in [5, 5.41) is 3.66. The molecule has 1 aromatic carbocycles. The van der Waals surface area contributed by atoms with Crippen molar-refractivity contribution < 1.29 is 9.18 Å². The summed E-state index contributed by atoms with van der Waals surface area (Å²) >= 11 is 0. The summed E-state index contributed by atoms with van der Waals surface area (Å²) in [5.74, 6) is -0.388. The molecular formula is C16H15FN2O. The monoisotopic (exact) mass is 270 g/mol. The quantitative estimate of drug-likeness (QED) is 0.911. The highest BCUT2D eigenvalue weighted by Gasteiger charge is 2.28. The number of fused-ring (bicyclic) bond motifs is 2. The highest BCUT2D eigenvalue weighted by Crippen LogP contribution is 2.31. The molecule has 0 saturated heterocycles. The van der Waals surface area contributed by atoms with Gasteiger partial charge in [-0.15, -0.1) is 0 Å². The van der Waals surface area contributed by atoms with Gasteiger partial charge in [0.25, 0.3) is 5.91 Å². The molecule has 0 bridgehead atoms. The molecule has 0 aliphatic heterocycles. The first-order valence-corrected chi connectivity index (χ1v) is 7.14. The van der Waals surface area contributed by atoms with Crippen LogP contribution in [0.1, 0.15) is 40.9 Å². The Hall–Kier alpha value is -1.97. The topological polar surface area (TPSA) is 42.0 Å². The normalized spacial score (nSPS) is 17.2. The minimum absolute atomic E-state index is 0.0661. The summed E-state index contributed by atoms with van der Waals surface area (Å²) < 4.78 is 13.5. The van der Waals surface area contributed by atoms with Crippen LogP contribution >= 0.6 is 0 Å². The molecule has 4 heteroatoms. The van der Waals surface area contributed by atoms with Gasteiger partial charge in [0.15, 0.2) is 0 Å². The molecule has 1 N–H and O–H groups in total. The molecule has 1 amide bonds. The van der Waals surface area contributed by atoms with Crippen molar-refractivity contribution in [2.75, 3.05) is 0 Å². The maximum absolute atomic E-state index is 13.5. The Balaban J connectivity index is 1.94. The number of benzene rings is 1. The van der Waals surface area contributed by atoms with E-state index in [4.69, 9.17) is 0 Å². The zero-order chi connectivity index (χ0) is 13.7. The van der Waals surface area contributed by atoms with Crippen molar-refractivity contribution in [1.82, 2.24) is 10.3 Å². The van der Waals surface area contributed by atoms with Gasteiger partial charge in [-0.2, -0.15) is 0 Å². The third-order valence-electron chi connectivity index (χ3n) is 4.11. The van der Waals surface area contributed by atoms with Crippen LogP contribution in [0.2, 0.25) is 0 Å². The average molecular weight is 270 g/mol. The standard InChI is InChI=1S/C16H15FN2O/c17-9-4-7-14-12(8-9)15(16(20)18-10-5-6-10)11-2-1-3-13(11)19-14/h4,7-8,10H,1-3,5-6H2,(H,18,20). The number of aromatic nitrogens is 1. The summed E-state index contributed by atoms with van der Waals surface area (Å²) in [5.41, 5.74) is 3.38. The Bertz CT molecular complexity index is 722. The first-order valence-electron chi connectivity index (χ1n) is 7.14. The SMILES string of the molecule is O=C(NC1CC1)c1c2c(nc3ccc(F)cc13)CCC2. The molecule has 20 heavy (non-hydrogen) atoms. The van der Waals surface area contributed by atoms with Crippen LogP contribution in [-0.4, -0.2) is 16.9 Å². The zero-order valence-corrected chi connectivity index (χ0v) is 11.1. The summed E-state index contributed by atoms with van der Waals surface area (Å²) in [4.78, 5) is 17.1. The van der Waals surface area contributed by atoms with E-state index < -0.39 is 0 Å². The average Bonchev–Trinajstić information content (AvgIpc) is 3.11. The van der Waals surface area contributed by atoms with Crippen molar-refractivity contribution in [1.29, 1.82) is 0 Å². The third-order valence-corrected chi connectivity index (χ3v) is 4.11. The van der Waals surface area contributed by atoms with Crippen LogP contribution in [0.5, 0.6) is 0 Å². The fourth-order valence-corrected chi connectivity index (χ4v) is 2.98. The van der Waals surface area contributed by atoms with Gasteiger partial charge in [0, 0.05) is 17.1 Å². The van der Waals surface area contributed by atoms with Crippen LogP contribution in [0.15, 0.2) is 18.2 Å². The Kier molecular flexibility index (Phi) is 2.52. The highest BCUT2D eigenvalue weighted by molar-refractivity contribution is 6.08. The predicted molar refractivity (Wildman–Crippen MR) is 74.2 cm³/mol. The minimum Gasteiger partial charge on any atom is -0.349 e. The molecule has 3 nitrogen and oxygen atoms in total. The second-order valence-corrected chi connectivity index (χ2v) is 5.67. The van der Waals surface area contributed by atoms with E-state index in [0.29, 0.717) is 22.5 Å². The molecule has 102 valence electrons. The molecule has 0 unspecified atom stereocenters. The van der Waals surface area contributed by atoms with E-state index in [1.165, 1.54) is 12.1 Å². The molecular weight excluding hydrogens is 255 g/mol. The summed E-state index contributed by atoms with van der Waals surface area (Å²) in [7, 11) is 0. The van der Waals surface area contributed by atoms with E-state index in [0.717, 1.165) is 43.4 Å². The fraction of sp³-hybridized carbons (Fsp3) is 0.375. The number of aryl methyl sites for hydroxylation is 1. The van der Waals surface area contributed by atoms with Gasteiger partial charge in [-0.05, 0) is 55.9 Å². The first kappa shape index (κ1) is 11.8. The second kappa shape index (κ2) is 4.27. The molecule has 2 aliphatic carbocycles. The number of pyridine rings is 1. The minimum atomic E-state index is -0.322. The highest BCUT2D eigenvalue weighted by atomic mass is 19.1. The smallest absolute Gasteiger partial charge is 0.252 e. The van der Waals surface area contributed by atoms with E-state index >= 15 is 0 Å². The lowest BCUT2D eigenvalue weighted by atomic mass is 10.0. The Morgan fingerprint density at radius 3 is 2.95 bits per heavy atom. The number of nitrogens with one attached hydrogen (secondary N) is 1. The van der Waals surface area contributed by atoms with Crippen molar-refractivity contribution in [2.45, 2.75) is 38.1 Å². The van der Waals surface area contributed by atoms with Gasteiger partial charge in [-0.3, -0.25) is 9.78 Å². The van der Waals surface area contributed by atoms with Crippen LogP contribution in [0, 0.1) is 5.82 Å². The van der Waals surface area contributed by atoms with Crippen molar-refractivity contribution >= 4 is 16.8 Å². The van der Waals surface area contributed by atoms with E-state index in [1.807, 2.05) is 0 Å². The number of nitrogens with zero attached hydrogens (tertiary/aromatic N) is 1. The van der Waals surface area contributed by atoms with E-state index in [-0.39, 0.29) is 11.7 Å². The maximum Gasteiger partial charge on any atom is 0.252 e. The molecule has 0 atom stereocenters. The molecule has 4 rings (SSSR count). The van der Waals surface area contributed by atoms with Crippen LogP contribution in [0.25, 0.3) is 10.9 Å². The molecule has 0 spiro atoms. The van der Waals surface area contributed by atoms with Gasteiger partial charge < -0.3 is 5.32 Å². The van der Waals surface area contributed by atoms with Crippen molar-refractivity contribution in [3.05, 3.63) is 40.8 Å². The zero-order valence-electron chi connectivity index (χ0n) is 11.1. The number of hydrogen-bond acceptors (Lipinski definition) is 2. The third kappa shape index (κ3) is 1.87. The molecule has 2 aromatic rings. The summed E-state index contributed by atoms with van der Waals surface area (Å²) in [6.45, 7) is 0. The van der Waals surface area contributed by atoms with Crippen LogP contribution in [0.4, 0.5) is 4.39 Å². The second-order valence-electron chi connectivity index (χ2n) is 5.67. The Morgan fingerprint density at radius 1 is 1.30 bits per heavy atom. The number of carbonyl (C=O) groups excluding carboxylic acids is 1. The van der Waals surface area contributed by atoms with Crippen LogP contribution in [0.3, 0.4) is 0 Å². The first-order chi connectivity index (χ1) is 9.72. The molecule has 1 saturated carbocycles. The van der Waals surface area contributed by atoms with Crippen LogP contribution < -0.4 is 5.32 Å². The van der Waals surface area contributed by atoms with Crippen molar-refractivity contribution in [3.63, 3.8) is 0 Å². The summed E-state index contributed by atoms with van der Waals surface area (Å²) in [6, 6.07) is 4.80. The van der Waals surface area contributed by atoms with Gasteiger partial charge >= 0.3 is 0 Å². The van der Waals surface area contributed by atoms with Crippen molar-refractivity contribution in [2.24, 2.45) is 0 Å².